The Morgan fingerprint density at radius 3 is 2.59 bits per heavy atom. The average molecular weight is 431 g/mol. The number of nitrogens with zero attached hydrogens (tertiary/aromatic N) is 3. The maximum absolute atomic E-state index is 13.1. The highest BCUT2D eigenvalue weighted by Gasteiger charge is 2.26. The Morgan fingerprint density at radius 2 is 1.86 bits per heavy atom. The summed E-state index contributed by atoms with van der Waals surface area (Å²) in [6, 6.07) is 13.4. The predicted octanol–water partition coefficient (Wildman–Crippen LogP) is 4.15. The fourth-order valence-electron chi connectivity index (χ4n) is 3.63. The standard InChI is InChI=1S/C21H26N4O2S2/c1-24(2)19-11-10-16(29(26,27)25-12-6-3-7-13-25)14-18(19)22-15-21-23-17-8-4-5-9-20(17)28-21/h4-5,8-11,14,22H,3,6-7,12-13,15H2,1-2H3. The first-order valence-corrected chi connectivity index (χ1v) is 12.1. The molecule has 0 bridgehead atoms. The Morgan fingerprint density at radius 1 is 1.10 bits per heavy atom. The number of piperidine rings is 1. The maximum atomic E-state index is 13.1. The van der Waals surface area contributed by atoms with Crippen molar-refractivity contribution in [2.75, 3.05) is 37.4 Å². The number of hydrogen-bond donors (Lipinski definition) is 1. The van der Waals surface area contributed by atoms with Crippen LogP contribution in [0.1, 0.15) is 24.3 Å². The van der Waals surface area contributed by atoms with Crippen LogP contribution in [0, 0.1) is 0 Å². The van der Waals surface area contributed by atoms with Crippen LogP contribution < -0.4 is 10.2 Å². The van der Waals surface area contributed by atoms with Gasteiger partial charge in [-0.2, -0.15) is 4.31 Å². The SMILES string of the molecule is CN(C)c1ccc(S(=O)(=O)N2CCCCC2)cc1NCc1nc2ccccc2s1. The first kappa shape index (κ1) is 20.1. The number of sulfonamides is 1. The smallest absolute Gasteiger partial charge is 0.243 e. The molecule has 0 unspecified atom stereocenters. The number of anilines is 2. The number of benzene rings is 2. The van der Waals surface area contributed by atoms with Crippen LogP contribution in [-0.4, -0.2) is 44.9 Å². The molecule has 4 rings (SSSR count). The van der Waals surface area contributed by atoms with Crippen LogP contribution in [0.5, 0.6) is 0 Å². The van der Waals surface area contributed by atoms with Gasteiger partial charge in [0.1, 0.15) is 5.01 Å². The summed E-state index contributed by atoms with van der Waals surface area (Å²) < 4.78 is 28.9. The number of nitrogens with one attached hydrogen (secondary N) is 1. The zero-order valence-corrected chi connectivity index (χ0v) is 18.4. The van der Waals surface area contributed by atoms with Gasteiger partial charge >= 0.3 is 0 Å². The van der Waals surface area contributed by atoms with Gasteiger partial charge in [0.05, 0.1) is 33.0 Å². The van der Waals surface area contributed by atoms with E-state index in [4.69, 9.17) is 0 Å². The molecule has 6 nitrogen and oxygen atoms in total. The van der Waals surface area contributed by atoms with E-state index in [-0.39, 0.29) is 0 Å². The lowest BCUT2D eigenvalue weighted by atomic mass is 10.2. The summed E-state index contributed by atoms with van der Waals surface area (Å²) in [5.41, 5.74) is 2.74. The lowest BCUT2D eigenvalue weighted by molar-refractivity contribution is 0.346. The molecule has 0 atom stereocenters. The van der Waals surface area contributed by atoms with Crippen molar-refractivity contribution in [3.05, 3.63) is 47.5 Å². The van der Waals surface area contributed by atoms with Crippen LogP contribution in [0.15, 0.2) is 47.4 Å². The molecule has 1 aliphatic heterocycles. The number of aromatic nitrogens is 1. The van der Waals surface area contributed by atoms with E-state index in [0.29, 0.717) is 24.5 Å². The Bertz CT molecular complexity index is 1070. The van der Waals surface area contributed by atoms with Crippen LogP contribution in [0.3, 0.4) is 0 Å². The van der Waals surface area contributed by atoms with Crippen molar-refractivity contribution in [1.29, 1.82) is 0 Å². The summed E-state index contributed by atoms with van der Waals surface area (Å²) in [7, 11) is 0.442. The van der Waals surface area contributed by atoms with Gasteiger partial charge in [0.25, 0.3) is 0 Å². The third-order valence-corrected chi connectivity index (χ3v) is 8.10. The largest absolute Gasteiger partial charge is 0.377 e. The molecule has 1 N–H and O–H groups in total. The first-order chi connectivity index (χ1) is 13.9. The van der Waals surface area contributed by atoms with E-state index >= 15 is 0 Å². The van der Waals surface area contributed by atoms with E-state index in [1.807, 2.05) is 43.3 Å². The summed E-state index contributed by atoms with van der Waals surface area (Å²) in [5, 5.41) is 4.38. The fraction of sp³-hybridized carbons (Fsp3) is 0.381. The van der Waals surface area contributed by atoms with E-state index in [2.05, 4.69) is 16.4 Å². The molecule has 154 valence electrons. The van der Waals surface area contributed by atoms with Gasteiger partial charge in [-0.25, -0.2) is 13.4 Å². The molecule has 1 aliphatic rings. The second-order valence-corrected chi connectivity index (χ2v) is 10.5. The molecule has 29 heavy (non-hydrogen) atoms. The number of fused-ring (bicyclic) bond motifs is 1. The quantitative estimate of drug-likeness (QED) is 0.636. The van der Waals surface area contributed by atoms with Crippen molar-refractivity contribution in [3.63, 3.8) is 0 Å². The molecule has 1 fully saturated rings. The van der Waals surface area contributed by atoms with E-state index < -0.39 is 10.0 Å². The topological polar surface area (TPSA) is 65.5 Å². The summed E-state index contributed by atoms with van der Waals surface area (Å²) >= 11 is 1.65. The van der Waals surface area contributed by atoms with E-state index in [1.54, 1.807) is 27.8 Å². The highest BCUT2D eigenvalue weighted by Crippen LogP contribution is 2.31. The van der Waals surface area contributed by atoms with Crippen LogP contribution in [-0.2, 0) is 16.6 Å². The molecule has 8 heteroatoms. The summed E-state index contributed by atoms with van der Waals surface area (Å²) in [6.45, 7) is 1.76. The van der Waals surface area contributed by atoms with Crippen molar-refractivity contribution in [2.45, 2.75) is 30.7 Å². The van der Waals surface area contributed by atoms with Crippen molar-refractivity contribution >= 4 is 43.0 Å². The van der Waals surface area contributed by atoms with E-state index in [9.17, 15) is 8.42 Å². The number of para-hydroxylation sites is 1. The highest BCUT2D eigenvalue weighted by atomic mass is 32.2. The van der Waals surface area contributed by atoms with Crippen molar-refractivity contribution in [1.82, 2.24) is 9.29 Å². The van der Waals surface area contributed by atoms with Gasteiger partial charge in [0, 0.05) is 27.2 Å². The Labute approximate surface area is 176 Å². The van der Waals surface area contributed by atoms with Crippen LogP contribution in [0.4, 0.5) is 11.4 Å². The molecule has 1 aromatic heterocycles. The van der Waals surface area contributed by atoms with Crippen LogP contribution in [0.2, 0.25) is 0 Å². The lowest BCUT2D eigenvalue weighted by Gasteiger charge is -2.27. The van der Waals surface area contributed by atoms with Crippen molar-refractivity contribution in [2.24, 2.45) is 0 Å². The van der Waals surface area contributed by atoms with E-state index in [1.165, 1.54) is 0 Å². The van der Waals surface area contributed by atoms with Gasteiger partial charge in [-0.1, -0.05) is 18.6 Å². The Kier molecular flexibility index (Phi) is 5.76. The lowest BCUT2D eigenvalue weighted by Crippen LogP contribution is -2.35. The minimum atomic E-state index is -3.47. The molecule has 0 radical (unpaired) electrons. The predicted molar refractivity (Wildman–Crippen MR) is 120 cm³/mol. The summed E-state index contributed by atoms with van der Waals surface area (Å²) in [6.07, 6.45) is 2.95. The number of thiazole rings is 1. The van der Waals surface area contributed by atoms with Crippen molar-refractivity contribution < 1.29 is 8.42 Å². The van der Waals surface area contributed by atoms with Gasteiger partial charge in [0.15, 0.2) is 0 Å². The first-order valence-electron chi connectivity index (χ1n) is 9.85. The minimum Gasteiger partial charge on any atom is -0.377 e. The monoisotopic (exact) mass is 430 g/mol. The minimum absolute atomic E-state index is 0.344. The van der Waals surface area contributed by atoms with E-state index in [0.717, 1.165) is 45.9 Å². The van der Waals surface area contributed by atoms with Crippen LogP contribution >= 0.6 is 11.3 Å². The molecule has 0 aliphatic carbocycles. The van der Waals surface area contributed by atoms with Gasteiger partial charge < -0.3 is 10.2 Å². The third-order valence-electron chi connectivity index (χ3n) is 5.17. The molecular weight excluding hydrogens is 404 g/mol. The maximum Gasteiger partial charge on any atom is 0.243 e. The zero-order valence-electron chi connectivity index (χ0n) is 16.8. The number of hydrogen-bond acceptors (Lipinski definition) is 6. The number of rotatable bonds is 6. The molecule has 3 aromatic rings. The Hall–Kier alpha value is -2.16. The van der Waals surface area contributed by atoms with Gasteiger partial charge in [-0.3, -0.25) is 0 Å². The second-order valence-electron chi connectivity index (χ2n) is 7.47. The molecule has 1 saturated heterocycles. The van der Waals surface area contributed by atoms with Crippen LogP contribution in [0.25, 0.3) is 10.2 Å². The van der Waals surface area contributed by atoms with Gasteiger partial charge in [-0.05, 0) is 43.2 Å². The van der Waals surface area contributed by atoms with Crippen molar-refractivity contribution in [3.8, 4) is 0 Å². The molecule has 0 saturated carbocycles. The molecule has 0 spiro atoms. The zero-order chi connectivity index (χ0) is 20.4. The van der Waals surface area contributed by atoms with Gasteiger partial charge in [-0.15, -0.1) is 11.3 Å². The summed E-state index contributed by atoms with van der Waals surface area (Å²) in [5.74, 6) is 0. The molecular formula is C21H26N4O2S2. The Balaban J connectivity index is 1.61. The average Bonchev–Trinajstić information content (AvgIpc) is 3.15. The second kappa shape index (κ2) is 8.30. The van der Waals surface area contributed by atoms with Gasteiger partial charge in [0.2, 0.25) is 10.0 Å². The summed E-state index contributed by atoms with van der Waals surface area (Å²) in [4.78, 5) is 6.99. The highest BCUT2D eigenvalue weighted by molar-refractivity contribution is 7.89. The fourth-order valence-corrected chi connectivity index (χ4v) is 6.08. The molecule has 2 heterocycles. The molecule has 0 amide bonds. The normalized spacial score (nSPS) is 15.5. The third kappa shape index (κ3) is 4.24. The molecule has 2 aromatic carbocycles.